The third-order valence-electron chi connectivity index (χ3n) is 3.51. The monoisotopic (exact) mass is 311 g/mol. The maximum atomic E-state index is 12.9. The highest BCUT2D eigenvalue weighted by Gasteiger charge is 2.36. The topological polar surface area (TPSA) is 62.6 Å². The molecule has 2 atom stereocenters. The number of halogens is 3. The van der Waals surface area contributed by atoms with Crippen molar-refractivity contribution >= 4 is 0 Å². The summed E-state index contributed by atoms with van der Waals surface area (Å²) in [5.41, 5.74) is -0.453. The average Bonchev–Trinajstić information content (AvgIpc) is 2.46. The number of alkyl halides is 3. The van der Waals surface area contributed by atoms with Gasteiger partial charge in [0.1, 0.15) is 23.7 Å². The molecule has 1 aromatic carbocycles. The molecular formula is C15H12F3NO3. The maximum Gasteiger partial charge on any atom is 0.419 e. The number of nitrogens with zero attached hydrogens (tertiary/aromatic N) is 1. The number of ether oxygens (including phenoxy) is 1. The molecule has 0 radical (unpaired) electrons. The molecule has 1 aromatic heterocycles. The molecule has 0 fully saturated rings. The molecule has 4 nitrogen and oxygen atoms in total. The van der Waals surface area contributed by atoms with Crippen molar-refractivity contribution in [3.05, 3.63) is 53.3 Å². The summed E-state index contributed by atoms with van der Waals surface area (Å²) in [4.78, 5) is 4.06. The van der Waals surface area contributed by atoms with Crippen LogP contribution in [0.25, 0.3) is 0 Å². The fraction of sp³-hybridized carbons (Fsp3) is 0.267. The van der Waals surface area contributed by atoms with E-state index >= 15 is 0 Å². The Morgan fingerprint density at radius 3 is 2.73 bits per heavy atom. The lowest BCUT2D eigenvalue weighted by Gasteiger charge is -2.30. The Hall–Kier alpha value is -2.28. The van der Waals surface area contributed by atoms with Crippen LogP contribution in [-0.2, 0) is 12.6 Å². The standard InChI is InChI=1S/C15H12F3NO3/c16-15(17,18)9-6-8(3-4-11(9)20)14-12(21)7-10-13(22-14)2-1-5-19-10/h1-6,12,14,20-21H,7H2. The van der Waals surface area contributed by atoms with Gasteiger partial charge in [0.05, 0.1) is 11.3 Å². The van der Waals surface area contributed by atoms with Crippen LogP contribution in [0.15, 0.2) is 36.5 Å². The van der Waals surface area contributed by atoms with E-state index in [9.17, 15) is 23.4 Å². The van der Waals surface area contributed by atoms with Crippen LogP contribution in [0.5, 0.6) is 11.5 Å². The fourth-order valence-corrected chi connectivity index (χ4v) is 2.45. The largest absolute Gasteiger partial charge is 0.507 e. The number of aromatic hydroxyl groups is 1. The van der Waals surface area contributed by atoms with Crippen molar-refractivity contribution < 1.29 is 28.1 Å². The molecule has 116 valence electrons. The second-order valence-corrected chi connectivity index (χ2v) is 5.03. The Labute approximate surface area is 123 Å². The van der Waals surface area contributed by atoms with Gasteiger partial charge < -0.3 is 14.9 Å². The maximum absolute atomic E-state index is 12.9. The second-order valence-electron chi connectivity index (χ2n) is 5.03. The molecular weight excluding hydrogens is 299 g/mol. The molecule has 0 amide bonds. The number of aromatic nitrogens is 1. The molecule has 2 N–H and O–H groups in total. The van der Waals surface area contributed by atoms with Gasteiger partial charge in [-0.25, -0.2) is 0 Å². The van der Waals surface area contributed by atoms with Crippen molar-refractivity contribution in [3.8, 4) is 11.5 Å². The van der Waals surface area contributed by atoms with Crippen LogP contribution < -0.4 is 4.74 Å². The number of aliphatic hydroxyl groups excluding tert-OH is 1. The third kappa shape index (κ3) is 2.59. The van der Waals surface area contributed by atoms with Crippen molar-refractivity contribution in [1.82, 2.24) is 4.98 Å². The number of phenols is 1. The van der Waals surface area contributed by atoms with Gasteiger partial charge in [0, 0.05) is 12.6 Å². The summed E-state index contributed by atoms with van der Waals surface area (Å²) in [6, 6.07) is 6.34. The summed E-state index contributed by atoms with van der Waals surface area (Å²) < 4.78 is 44.2. The number of phenolic OH excluding ortho intramolecular Hbond substituents is 1. The van der Waals surface area contributed by atoms with Gasteiger partial charge in [-0.3, -0.25) is 4.98 Å². The number of benzene rings is 1. The smallest absolute Gasteiger partial charge is 0.419 e. The van der Waals surface area contributed by atoms with Crippen molar-refractivity contribution in [1.29, 1.82) is 0 Å². The van der Waals surface area contributed by atoms with E-state index in [1.54, 1.807) is 18.3 Å². The molecule has 0 saturated carbocycles. The minimum absolute atomic E-state index is 0.145. The lowest BCUT2D eigenvalue weighted by Crippen LogP contribution is -2.31. The SMILES string of the molecule is Oc1ccc(C2Oc3cccnc3CC2O)cc1C(F)(F)F. The first-order valence-electron chi connectivity index (χ1n) is 6.55. The van der Waals surface area contributed by atoms with Gasteiger partial charge in [-0.05, 0) is 29.8 Å². The van der Waals surface area contributed by atoms with E-state index in [4.69, 9.17) is 4.74 Å². The summed E-state index contributed by atoms with van der Waals surface area (Å²) in [6.07, 6.45) is -4.91. The van der Waals surface area contributed by atoms with Gasteiger partial charge >= 0.3 is 6.18 Å². The molecule has 1 aliphatic heterocycles. The first-order chi connectivity index (χ1) is 10.4. The number of pyridine rings is 1. The van der Waals surface area contributed by atoms with Crippen molar-refractivity contribution in [2.45, 2.75) is 24.8 Å². The molecule has 7 heteroatoms. The minimum atomic E-state index is -4.68. The number of aliphatic hydroxyl groups is 1. The van der Waals surface area contributed by atoms with E-state index in [0.29, 0.717) is 11.4 Å². The molecule has 22 heavy (non-hydrogen) atoms. The Morgan fingerprint density at radius 2 is 2.00 bits per heavy atom. The first-order valence-corrected chi connectivity index (χ1v) is 6.55. The number of rotatable bonds is 1. The summed E-state index contributed by atoms with van der Waals surface area (Å²) in [6.45, 7) is 0. The van der Waals surface area contributed by atoms with E-state index in [-0.39, 0.29) is 12.0 Å². The van der Waals surface area contributed by atoms with Crippen molar-refractivity contribution in [2.24, 2.45) is 0 Å². The van der Waals surface area contributed by atoms with Gasteiger partial charge in [0.15, 0.2) is 0 Å². The Bertz CT molecular complexity index is 703. The number of fused-ring (bicyclic) bond motifs is 1. The van der Waals surface area contributed by atoms with E-state index < -0.39 is 29.7 Å². The Morgan fingerprint density at radius 1 is 1.23 bits per heavy atom. The van der Waals surface area contributed by atoms with E-state index in [1.165, 1.54) is 6.07 Å². The van der Waals surface area contributed by atoms with Crippen LogP contribution in [0.2, 0.25) is 0 Å². The molecule has 2 unspecified atom stereocenters. The highest BCUT2D eigenvalue weighted by atomic mass is 19.4. The van der Waals surface area contributed by atoms with Crippen molar-refractivity contribution in [3.63, 3.8) is 0 Å². The Kier molecular flexibility index (Phi) is 3.44. The summed E-state index contributed by atoms with van der Waals surface area (Å²) >= 11 is 0. The lowest BCUT2D eigenvalue weighted by atomic mass is 9.95. The molecule has 3 rings (SSSR count). The van der Waals surface area contributed by atoms with Crippen LogP contribution in [0, 0.1) is 0 Å². The summed E-state index contributed by atoms with van der Waals surface area (Å²) in [5, 5.41) is 19.5. The van der Waals surface area contributed by atoms with Gasteiger partial charge in [0.25, 0.3) is 0 Å². The highest BCUT2D eigenvalue weighted by Crippen LogP contribution is 2.40. The molecule has 1 aliphatic rings. The molecule has 0 spiro atoms. The number of hydrogen-bond donors (Lipinski definition) is 2. The predicted octanol–water partition coefficient (Wildman–Crippen LogP) is 2.84. The van der Waals surface area contributed by atoms with Gasteiger partial charge in [-0.15, -0.1) is 0 Å². The minimum Gasteiger partial charge on any atom is -0.507 e. The highest BCUT2D eigenvalue weighted by molar-refractivity contribution is 5.41. The zero-order chi connectivity index (χ0) is 15.9. The normalized spacial score (nSPS) is 21.1. The molecule has 0 saturated heterocycles. The predicted molar refractivity (Wildman–Crippen MR) is 70.4 cm³/mol. The van der Waals surface area contributed by atoms with Crippen LogP contribution >= 0.6 is 0 Å². The zero-order valence-corrected chi connectivity index (χ0v) is 11.2. The third-order valence-corrected chi connectivity index (χ3v) is 3.51. The molecule has 2 heterocycles. The second kappa shape index (κ2) is 5.17. The van der Waals surface area contributed by atoms with E-state index in [2.05, 4.69) is 4.98 Å². The van der Waals surface area contributed by atoms with Gasteiger partial charge in [-0.2, -0.15) is 13.2 Å². The van der Waals surface area contributed by atoms with E-state index in [1.807, 2.05) is 0 Å². The average molecular weight is 311 g/mol. The number of hydrogen-bond acceptors (Lipinski definition) is 4. The first kappa shape index (κ1) is 14.6. The fourth-order valence-electron chi connectivity index (χ4n) is 2.45. The summed E-state index contributed by atoms with van der Waals surface area (Å²) in [7, 11) is 0. The molecule has 2 aromatic rings. The van der Waals surface area contributed by atoms with Crippen LogP contribution in [0.4, 0.5) is 13.2 Å². The van der Waals surface area contributed by atoms with Crippen LogP contribution in [-0.4, -0.2) is 21.3 Å². The quantitative estimate of drug-likeness (QED) is 0.850. The molecule has 0 aliphatic carbocycles. The lowest BCUT2D eigenvalue weighted by molar-refractivity contribution is -0.138. The molecule has 0 bridgehead atoms. The van der Waals surface area contributed by atoms with Crippen LogP contribution in [0.3, 0.4) is 0 Å². The zero-order valence-electron chi connectivity index (χ0n) is 11.2. The van der Waals surface area contributed by atoms with E-state index in [0.717, 1.165) is 12.1 Å². The van der Waals surface area contributed by atoms with Crippen LogP contribution in [0.1, 0.15) is 22.9 Å². The van der Waals surface area contributed by atoms with Gasteiger partial charge in [-0.1, -0.05) is 6.07 Å². The summed E-state index contributed by atoms with van der Waals surface area (Å²) in [5.74, 6) is -0.428. The van der Waals surface area contributed by atoms with Crippen molar-refractivity contribution in [2.75, 3.05) is 0 Å². The van der Waals surface area contributed by atoms with Gasteiger partial charge in [0.2, 0.25) is 0 Å². The Balaban J connectivity index is 1.98.